The Balaban J connectivity index is 1.05. The molecule has 278 valence electrons. The first kappa shape index (κ1) is 34.1. The van der Waals surface area contributed by atoms with Crippen molar-refractivity contribution in [1.82, 2.24) is 9.97 Å². The van der Waals surface area contributed by atoms with E-state index in [-0.39, 0.29) is 0 Å². The second-order valence-electron chi connectivity index (χ2n) is 15.7. The normalized spacial score (nSPS) is 11.7. The molecule has 0 fully saturated rings. The van der Waals surface area contributed by atoms with Crippen molar-refractivity contribution in [3.8, 4) is 55.9 Å². The van der Waals surface area contributed by atoms with Crippen LogP contribution >= 0.6 is 0 Å². The van der Waals surface area contributed by atoms with E-state index in [1.165, 1.54) is 76.3 Å². The van der Waals surface area contributed by atoms with Crippen LogP contribution in [-0.2, 0) is 0 Å². The number of pyridine rings is 2. The SMILES string of the molecule is c1cc(-c2ccnc(-c3nc4ccccc4c4ccccc34)c2)cc(-c2ccc3c(-c4ccc5ccccc5c4)c4ccccc4c(-c4ccc5ccccc5c4)c3c2)c1. The molecule has 0 aliphatic rings. The smallest absolute Gasteiger partial charge is 0.0972 e. The molecule has 0 N–H and O–H groups in total. The number of para-hydroxylation sites is 1. The Morgan fingerprint density at radius 3 is 1.45 bits per heavy atom. The summed E-state index contributed by atoms with van der Waals surface area (Å²) in [6.45, 7) is 0. The number of aromatic nitrogens is 2. The van der Waals surface area contributed by atoms with Gasteiger partial charge in [0, 0.05) is 17.0 Å². The van der Waals surface area contributed by atoms with Gasteiger partial charge >= 0.3 is 0 Å². The summed E-state index contributed by atoms with van der Waals surface area (Å²) in [6, 6.07) is 77.1. The lowest BCUT2D eigenvalue weighted by atomic mass is 9.84. The largest absolute Gasteiger partial charge is 0.255 e. The molecule has 10 aromatic carbocycles. The van der Waals surface area contributed by atoms with E-state index in [0.29, 0.717) is 0 Å². The second-order valence-corrected chi connectivity index (χ2v) is 15.7. The van der Waals surface area contributed by atoms with Crippen LogP contribution in [0.25, 0.3) is 121 Å². The maximum absolute atomic E-state index is 5.16. The molecule has 0 saturated carbocycles. The van der Waals surface area contributed by atoms with Crippen LogP contribution in [0.2, 0.25) is 0 Å². The van der Waals surface area contributed by atoms with Gasteiger partial charge in [0.15, 0.2) is 0 Å². The highest BCUT2D eigenvalue weighted by atomic mass is 14.8. The van der Waals surface area contributed by atoms with Crippen LogP contribution in [-0.4, -0.2) is 9.97 Å². The van der Waals surface area contributed by atoms with Crippen LogP contribution in [0.3, 0.4) is 0 Å². The van der Waals surface area contributed by atoms with Crippen molar-refractivity contribution < 1.29 is 0 Å². The van der Waals surface area contributed by atoms with E-state index in [9.17, 15) is 0 Å². The molecule has 0 aliphatic carbocycles. The van der Waals surface area contributed by atoms with Gasteiger partial charge in [-0.1, -0.05) is 170 Å². The van der Waals surface area contributed by atoms with Crippen molar-refractivity contribution in [1.29, 1.82) is 0 Å². The van der Waals surface area contributed by atoms with Crippen molar-refractivity contribution in [2.45, 2.75) is 0 Å². The zero-order chi connectivity index (χ0) is 39.6. The van der Waals surface area contributed by atoms with Crippen LogP contribution in [0.5, 0.6) is 0 Å². The monoisotopic (exact) mass is 760 g/mol. The highest BCUT2D eigenvalue weighted by molar-refractivity contribution is 6.22. The molecule has 2 heterocycles. The molecule has 0 radical (unpaired) electrons. The molecule has 2 nitrogen and oxygen atoms in total. The van der Waals surface area contributed by atoms with Crippen molar-refractivity contribution in [3.05, 3.63) is 219 Å². The van der Waals surface area contributed by atoms with E-state index in [1.54, 1.807) is 0 Å². The maximum Gasteiger partial charge on any atom is 0.0972 e. The summed E-state index contributed by atoms with van der Waals surface area (Å²) in [6.07, 6.45) is 1.91. The molecule has 0 saturated heterocycles. The lowest BCUT2D eigenvalue weighted by Gasteiger charge is -2.19. The summed E-state index contributed by atoms with van der Waals surface area (Å²) in [5, 5.41) is 13.4. The van der Waals surface area contributed by atoms with Crippen molar-refractivity contribution in [3.63, 3.8) is 0 Å². The van der Waals surface area contributed by atoms with Gasteiger partial charge in [0.25, 0.3) is 0 Å². The standard InChI is InChI=1S/C58H36N2/c1-3-14-39-33-45(26-24-37(39)12-1)56-49-20-6-7-21-50(49)57(46-27-25-38-13-2-4-15-40(38)34-46)53-35-43(28-29-51(53)56)41-16-11-17-42(32-41)44-30-31-59-55(36-44)58-52-22-8-5-18-47(52)48-19-9-10-23-54(48)60-58/h1-36H. The predicted octanol–water partition coefficient (Wildman–Crippen LogP) is 15.7. The molecule has 0 atom stereocenters. The fourth-order valence-corrected chi connectivity index (χ4v) is 9.39. The lowest BCUT2D eigenvalue weighted by Crippen LogP contribution is -1.93. The van der Waals surface area contributed by atoms with Crippen molar-refractivity contribution >= 4 is 64.8 Å². The summed E-state index contributed by atoms with van der Waals surface area (Å²) in [5.74, 6) is 0. The van der Waals surface area contributed by atoms with Gasteiger partial charge in [-0.3, -0.25) is 4.98 Å². The first-order chi connectivity index (χ1) is 29.7. The van der Waals surface area contributed by atoms with E-state index in [2.05, 4.69) is 206 Å². The summed E-state index contributed by atoms with van der Waals surface area (Å²) < 4.78 is 0. The minimum atomic E-state index is 0.860. The Labute approximate surface area is 347 Å². The fourth-order valence-electron chi connectivity index (χ4n) is 9.39. The van der Waals surface area contributed by atoms with Crippen LogP contribution in [0.1, 0.15) is 0 Å². The van der Waals surface area contributed by atoms with Crippen molar-refractivity contribution in [2.75, 3.05) is 0 Å². The molecule has 0 amide bonds. The Morgan fingerprint density at radius 2 is 0.767 bits per heavy atom. The van der Waals surface area contributed by atoms with Gasteiger partial charge in [-0.05, 0) is 135 Å². The maximum atomic E-state index is 5.16. The van der Waals surface area contributed by atoms with E-state index in [1.807, 2.05) is 12.3 Å². The van der Waals surface area contributed by atoms with Crippen LogP contribution < -0.4 is 0 Å². The van der Waals surface area contributed by atoms with E-state index < -0.39 is 0 Å². The average molecular weight is 761 g/mol. The quantitative estimate of drug-likeness (QED) is 0.129. The van der Waals surface area contributed by atoms with Crippen LogP contribution in [0.15, 0.2) is 219 Å². The molecule has 0 bridgehead atoms. The van der Waals surface area contributed by atoms with E-state index >= 15 is 0 Å². The number of fused-ring (bicyclic) bond motifs is 7. The average Bonchev–Trinajstić information content (AvgIpc) is 3.32. The minimum Gasteiger partial charge on any atom is -0.255 e. The van der Waals surface area contributed by atoms with Crippen LogP contribution in [0.4, 0.5) is 0 Å². The highest BCUT2D eigenvalue weighted by Crippen LogP contribution is 2.46. The third-order valence-electron chi connectivity index (χ3n) is 12.2. The van der Waals surface area contributed by atoms with Gasteiger partial charge in [0.05, 0.1) is 16.9 Å². The first-order valence-corrected chi connectivity index (χ1v) is 20.6. The first-order valence-electron chi connectivity index (χ1n) is 20.6. The molecule has 0 aliphatic heterocycles. The van der Waals surface area contributed by atoms with Crippen LogP contribution in [0, 0.1) is 0 Å². The number of hydrogen-bond donors (Lipinski definition) is 0. The van der Waals surface area contributed by atoms with Gasteiger partial charge in [0.1, 0.15) is 0 Å². The lowest BCUT2D eigenvalue weighted by molar-refractivity contribution is 1.29. The number of benzene rings is 10. The third kappa shape index (κ3) is 5.65. The van der Waals surface area contributed by atoms with E-state index in [4.69, 9.17) is 9.97 Å². The van der Waals surface area contributed by atoms with Gasteiger partial charge in [-0.25, -0.2) is 4.98 Å². The summed E-state index contributed by atoms with van der Waals surface area (Å²) >= 11 is 0. The molecule has 0 unspecified atom stereocenters. The summed E-state index contributed by atoms with van der Waals surface area (Å²) in [4.78, 5) is 10.0. The Hall–Kier alpha value is -7.94. The Kier molecular flexibility index (Phi) is 7.89. The fraction of sp³-hybridized carbons (Fsp3) is 0. The van der Waals surface area contributed by atoms with Gasteiger partial charge < -0.3 is 0 Å². The molecular weight excluding hydrogens is 725 g/mol. The molecule has 2 aromatic heterocycles. The van der Waals surface area contributed by atoms with Crippen molar-refractivity contribution in [2.24, 2.45) is 0 Å². The predicted molar refractivity (Wildman–Crippen MR) is 254 cm³/mol. The Morgan fingerprint density at radius 1 is 0.267 bits per heavy atom. The Bertz CT molecular complexity index is 3670. The number of nitrogens with zero attached hydrogens (tertiary/aromatic N) is 2. The summed E-state index contributed by atoms with van der Waals surface area (Å²) in [5.41, 5.74) is 12.2. The molecular formula is C58H36N2. The highest BCUT2D eigenvalue weighted by Gasteiger charge is 2.19. The molecule has 2 heteroatoms. The number of rotatable bonds is 5. The van der Waals surface area contributed by atoms with Gasteiger partial charge in [-0.15, -0.1) is 0 Å². The number of hydrogen-bond acceptors (Lipinski definition) is 2. The second kappa shape index (κ2) is 13.9. The zero-order valence-corrected chi connectivity index (χ0v) is 32.7. The summed E-state index contributed by atoms with van der Waals surface area (Å²) in [7, 11) is 0. The van der Waals surface area contributed by atoms with Gasteiger partial charge in [-0.2, -0.15) is 0 Å². The molecule has 12 aromatic rings. The topological polar surface area (TPSA) is 25.8 Å². The molecule has 0 spiro atoms. The molecule has 60 heavy (non-hydrogen) atoms. The van der Waals surface area contributed by atoms with E-state index in [0.717, 1.165) is 44.4 Å². The third-order valence-corrected chi connectivity index (χ3v) is 12.2. The zero-order valence-electron chi connectivity index (χ0n) is 32.7. The molecule has 12 rings (SSSR count). The van der Waals surface area contributed by atoms with Gasteiger partial charge in [0.2, 0.25) is 0 Å². The minimum absolute atomic E-state index is 0.860.